The normalized spacial score (nSPS) is 11.9. The van der Waals surface area contributed by atoms with Gasteiger partial charge in [0.25, 0.3) is 0 Å². The third kappa shape index (κ3) is 3.55. The van der Waals surface area contributed by atoms with Gasteiger partial charge in [-0.1, -0.05) is 0 Å². The molecule has 6 rings (SSSR count). The summed E-state index contributed by atoms with van der Waals surface area (Å²) in [5, 5.41) is 0. The van der Waals surface area contributed by atoms with Crippen LogP contribution in [0, 0.1) is 13.8 Å². The molecule has 4 aromatic carbocycles. The van der Waals surface area contributed by atoms with E-state index in [1.54, 1.807) is 17.8 Å². The van der Waals surface area contributed by atoms with Crippen molar-refractivity contribution in [3.05, 3.63) is 106 Å². The molecule has 4 aromatic rings. The van der Waals surface area contributed by atoms with Crippen LogP contribution in [0.15, 0.2) is 72.8 Å². The van der Waals surface area contributed by atoms with Crippen molar-refractivity contribution < 1.29 is 47.7 Å². The number of benzene rings is 4. The standard InChI is InChI=1S/2C14H11.2ClH.Hf/c2*1-10-6-7-14-12(8-10)9-11-4-2-3-5-13(11)14;;;/h2*2-7H,9H2,1H3;2*1H;/q;;;;+2/p-2. The van der Waals surface area contributed by atoms with Crippen LogP contribution >= 0.6 is 0 Å². The van der Waals surface area contributed by atoms with Crippen molar-refractivity contribution in [2.75, 3.05) is 0 Å². The van der Waals surface area contributed by atoms with Crippen molar-refractivity contribution in [2.24, 2.45) is 0 Å². The first kappa shape index (κ1) is 22.5. The van der Waals surface area contributed by atoms with Crippen LogP contribution in [0.4, 0.5) is 0 Å². The van der Waals surface area contributed by atoms with E-state index in [0.29, 0.717) is 0 Å². The largest absolute Gasteiger partial charge is 1.00 e. The Hall–Kier alpha value is -1.67. The average molecular weight is 608 g/mol. The van der Waals surface area contributed by atoms with Crippen molar-refractivity contribution in [1.29, 1.82) is 0 Å². The smallest absolute Gasteiger partial charge is 1.00 e. The molecular formula is C28H22Cl2Hf. The molecular weight excluding hydrogens is 586 g/mol. The molecule has 152 valence electrons. The average Bonchev–Trinajstić information content (AvgIpc) is 3.30. The van der Waals surface area contributed by atoms with E-state index in [2.05, 4.69) is 86.6 Å². The zero-order chi connectivity index (χ0) is 19.5. The summed E-state index contributed by atoms with van der Waals surface area (Å²) in [6, 6.07) is 27.4. The van der Waals surface area contributed by atoms with Gasteiger partial charge in [0, 0.05) is 0 Å². The van der Waals surface area contributed by atoms with Crippen LogP contribution in [0.25, 0.3) is 22.3 Å². The molecule has 31 heavy (non-hydrogen) atoms. The summed E-state index contributed by atoms with van der Waals surface area (Å²) in [5.41, 5.74) is 15.2. The minimum atomic E-state index is -1.20. The predicted molar refractivity (Wildman–Crippen MR) is 118 cm³/mol. The van der Waals surface area contributed by atoms with Gasteiger partial charge in [0.05, 0.1) is 0 Å². The van der Waals surface area contributed by atoms with Gasteiger partial charge in [0.2, 0.25) is 0 Å². The Morgan fingerprint density at radius 1 is 0.516 bits per heavy atom. The van der Waals surface area contributed by atoms with Crippen LogP contribution in [0.5, 0.6) is 0 Å². The minimum Gasteiger partial charge on any atom is -1.00 e. The quantitative estimate of drug-likeness (QED) is 0.233. The van der Waals surface area contributed by atoms with Crippen LogP contribution in [0.3, 0.4) is 0 Å². The Bertz CT molecular complexity index is 1210. The van der Waals surface area contributed by atoms with Gasteiger partial charge in [-0.15, -0.1) is 0 Å². The molecule has 0 bridgehead atoms. The first-order valence-electron chi connectivity index (χ1n) is 10.4. The van der Waals surface area contributed by atoms with Gasteiger partial charge in [-0.3, -0.25) is 0 Å². The number of hydrogen-bond donors (Lipinski definition) is 0. The van der Waals surface area contributed by atoms with Gasteiger partial charge in [-0.2, -0.15) is 0 Å². The molecule has 2 aliphatic rings. The summed E-state index contributed by atoms with van der Waals surface area (Å²) < 4.78 is 3.46. The van der Waals surface area contributed by atoms with E-state index in [1.807, 2.05) is 0 Å². The van der Waals surface area contributed by atoms with Gasteiger partial charge in [0.1, 0.15) is 0 Å². The summed E-state index contributed by atoms with van der Waals surface area (Å²) >= 11 is -1.20. The minimum absolute atomic E-state index is 0. The molecule has 0 saturated heterocycles. The van der Waals surface area contributed by atoms with E-state index in [0.717, 1.165) is 12.8 Å². The Balaban J connectivity index is 0.00000116. The number of rotatable bonds is 2. The van der Waals surface area contributed by atoms with Crippen molar-refractivity contribution in [1.82, 2.24) is 0 Å². The maximum Gasteiger partial charge on any atom is -1.00 e. The zero-order valence-electron chi connectivity index (χ0n) is 17.6. The molecule has 0 fully saturated rings. The van der Waals surface area contributed by atoms with E-state index in [9.17, 15) is 0 Å². The topological polar surface area (TPSA) is 0 Å². The van der Waals surface area contributed by atoms with Crippen LogP contribution in [0.2, 0.25) is 0 Å². The molecule has 0 radical (unpaired) electrons. The fourth-order valence-corrected chi connectivity index (χ4v) is 10.7. The van der Waals surface area contributed by atoms with E-state index in [-0.39, 0.29) is 24.8 Å². The molecule has 0 amide bonds. The number of hydrogen-bond acceptors (Lipinski definition) is 0. The molecule has 0 nitrogen and oxygen atoms in total. The van der Waals surface area contributed by atoms with Crippen molar-refractivity contribution in [2.45, 2.75) is 26.7 Å². The SMILES string of the molecule is Cc1ccc2c([c]1[Hf+2][c]1c(C)ccc3c1Cc1ccccc1-3)Cc1ccccc1-2.[Cl-].[Cl-]. The molecule has 0 N–H and O–H groups in total. The molecule has 0 heterocycles. The van der Waals surface area contributed by atoms with Gasteiger partial charge in [-0.05, 0) is 0 Å². The third-order valence-corrected chi connectivity index (χ3v) is 13.4. The van der Waals surface area contributed by atoms with Crippen molar-refractivity contribution >= 4 is 6.64 Å². The summed E-state index contributed by atoms with van der Waals surface area (Å²) in [6.07, 6.45) is 2.23. The first-order chi connectivity index (χ1) is 14.2. The maximum absolute atomic E-state index is 2.37. The summed E-state index contributed by atoms with van der Waals surface area (Å²) in [7, 11) is 0. The van der Waals surface area contributed by atoms with E-state index < -0.39 is 22.9 Å². The molecule has 0 spiro atoms. The Labute approximate surface area is 208 Å². The zero-order valence-corrected chi connectivity index (χ0v) is 22.7. The third-order valence-electron chi connectivity index (χ3n) is 6.64. The van der Waals surface area contributed by atoms with Gasteiger partial charge >= 0.3 is 185 Å². The van der Waals surface area contributed by atoms with E-state index in [4.69, 9.17) is 0 Å². The number of fused-ring (bicyclic) bond motifs is 6. The van der Waals surface area contributed by atoms with E-state index in [1.165, 1.54) is 44.5 Å². The summed E-state index contributed by atoms with van der Waals surface area (Å²) in [4.78, 5) is 0. The maximum atomic E-state index is 2.37. The predicted octanol–water partition coefficient (Wildman–Crippen LogP) is -0.513. The molecule has 0 unspecified atom stereocenters. The van der Waals surface area contributed by atoms with Gasteiger partial charge in [0.15, 0.2) is 0 Å². The van der Waals surface area contributed by atoms with Crippen molar-refractivity contribution in [3.63, 3.8) is 0 Å². The molecule has 2 aliphatic carbocycles. The number of aryl methyl sites for hydroxylation is 2. The first-order valence-corrected chi connectivity index (χ1v) is 14.0. The monoisotopic (exact) mass is 608 g/mol. The molecule has 0 saturated carbocycles. The Morgan fingerprint density at radius 3 is 1.39 bits per heavy atom. The Morgan fingerprint density at radius 2 is 0.935 bits per heavy atom. The van der Waals surface area contributed by atoms with E-state index >= 15 is 0 Å². The molecule has 0 aliphatic heterocycles. The number of halogens is 2. The second kappa shape index (κ2) is 8.70. The molecule has 3 heteroatoms. The van der Waals surface area contributed by atoms with Crippen LogP contribution < -0.4 is 31.5 Å². The molecule has 0 aromatic heterocycles. The fraction of sp³-hybridized carbons (Fsp3) is 0.143. The van der Waals surface area contributed by atoms with Crippen LogP contribution in [-0.2, 0) is 35.7 Å². The van der Waals surface area contributed by atoms with Gasteiger partial charge in [-0.25, -0.2) is 0 Å². The second-order valence-electron chi connectivity index (χ2n) is 8.36. The van der Waals surface area contributed by atoms with Gasteiger partial charge < -0.3 is 24.8 Å². The van der Waals surface area contributed by atoms with Crippen LogP contribution in [-0.4, -0.2) is 0 Å². The Kier molecular flexibility index (Phi) is 6.32. The van der Waals surface area contributed by atoms with Crippen LogP contribution in [0.1, 0.15) is 33.4 Å². The summed E-state index contributed by atoms with van der Waals surface area (Å²) in [5.74, 6) is 0. The van der Waals surface area contributed by atoms with Crippen molar-refractivity contribution in [3.8, 4) is 22.3 Å². The second-order valence-corrected chi connectivity index (χ2v) is 12.9. The fourth-order valence-electron chi connectivity index (χ4n) is 5.13. The molecule has 0 atom stereocenters. The summed E-state index contributed by atoms with van der Waals surface area (Å²) in [6.45, 7) is 4.66.